The van der Waals surface area contributed by atoms with Gasteiger partial charge in [0.15, 0.2) is 0 Å². The molecule has 7 heteroatoms. The number of benzene rings is 2. The van der Waals surface area contributed by atoms with E-state index in [4.69, 9.17) is 9.84 Å². The number of hydrogen-bond acceptors (Lipinski definition) is 4. The van der Waals surface area contributed by atoms with Crippen LogP contribution in [0.2, 0.25) is 0 Å². The summed E-state index contributed by atoms with van der Waals surface area (Å²) in [6.45, 7) is 6.02. The average molecular weight is 451 g/mol. The number of nitrogens with one attached hydrogen (secondary N) is 2. The highest BCUT2D eigenvalue weighted by molar-refractivity contribution is 5.83. The minimum Gasteiger partial charge on any atom is -0.480 e. The molecule has 0 saturated heterocycles. The standard InChI is InChI=1S/C26H30N2O5/c1-3-8-23(25(30)31)28-24(29)14-13-17(2)15-27-26(32)33-16-22-20-11-6-4-9-18(20)19-10-5-7-12-21(19)22/h3-7,9-12,17,22-23H,1,8,13-16H2,2H3,(H,27,32)(H,28,29)(H,30,31). The summed E-state index contributed by atoms with van der Waals surface area (Å²) >= 11 is 0. The van der Waals surface area contributed by atoms with Gasteiger partial charge in [0.05, 0.1) is 0 Å². The molecule has 1 aliphatic carbocycles. The second-order valence-electron chi connectivity index (χ2n) is 8.33. The van der Waals surface area contributed by atoms with Crippen molar-refractivity contribution in [3.63, 3.8) is 0 Å². The molecular weight excluding hydrogens is 420 g/mol. The second-order valence-corrected chi connectivity index (χ2v) is 8.33. The number of rotatable bonds is 11. The molecule has 0 aliphatic heterocycles. The predicted octanol–water partition coefficient (Wildman–Crippen LogP) is 4.09. The first-order valence-electron chi connectivity index (χ1n) is 11.1. The molecule has 0 aromatic heterocycles. The van der Waals surface area contributed by atoms with Gasteiger partial charge in [0, 0.05) is 18.9 Å². The minimum absolute atomic E-state index is 0.00187. The first-order chi connectivity index (χ1) is 15.9. The van der Waals surface area contributed by atoms with Crippen molar-refractivity contribution in [2.45, 2.75) is 38.1 Å². The second kappa shape index (κ2) is 11.3. The topological polar surface area (TPSA) is 105 Å². The lowest BCUT2D eigenvalue weighted by Gasteiger charge is -2.17. The van der Waals surface area contributed by atoms with Crippen LogP contribution in [0.3, 0.4) is 0 Å². The molecule has 0 bridgehead atoms. The van der Waals surface area contributed by atoms with Gasteiger partial charge in [-0.15, -0.1) is 6.58 Å². The molecule has 2 amide bonds. The zero-order valence-corrected chi connectivity index (χ0v) is 18.8. The molecule has 7 nitrogen and oxygen atoms in total. The molecule has 1 aliphatic rings. The number of aliphatic carboxylic acids is 1. The largest absolute Gasteiger partial charge is 0.480 e. The fourth-order valence-electron chi connectivity index (χ4n) is 4.04. The highest BCUT2D eigenvalue weighted by Gasteiger charge is 2.29. The van der Waals surface area contributed by atoms with Gasteiger partial charge in [-0.05, 0) is 41.0 Å². The van der Waals surface area contributed by atoms with Crippen molar-refractivity contribution in [3.8, 4) is 11.1 Å². The summed E-state index contributed by atoms with van der Waals surface area (Å²) in [6.07, 6.45) is 1.81. The first-order valence-corrected chi connectivity index (χ1v) is 11.1. The summed E-state index contributed by atoms with van der Waals surface area (Å²) < 4.78 is 5.52. The average Bonchev–Trinajstić information content (AvgIpc) is 3.13. The summed E-state index contributed by atoms with van der Waals surface area (Å²) in [6, 6.07) is 15.3. The van der Waals surface area contributed by atoms with Crippen LogP contribution in [0.15, 0.2) is 61.2 Å². The molecule has 2 aromatic rings. The molecule has 2 atom stereocenters. The van der Waals surface area contributed by atoms with Crippen LogP contribution in [0.25, 0.3) is 11.1 Å². The Balaban J connectivity index is 1.42. The number of carboxylic acid groups (broad SMARTS) is 1. The summed E-state index contributed by atoms with van der Waals surface area (Å²) in [5, 5.41) is 14.3. The molecule has 0 heterocycles. The van der Waals surface area contributed by atoms with Gasteiger partial charge in [-0.3, -0.25) is 4.79 Å². The van der Waals surface area contributed by atoms with Gasteiger partial charge in [-0.2, -0.15) is 0 Å². The fraction of sp³-hybridized carbons (Fsp3) is 0.346. The minimum atomic E-state index is -1.09. The number of amides is 2. The number of carboxylic acids is 1. The van der Waals surface area contributed by atoms with Crippen LogP contribution in [-0.4, -0.2) is 42.3 Å². The van der Waals surface area contributed by atoms with Crippen molar-refractivity contribution in [3.05, 3.63) is 72.3 Å². The molecule has 174 valence electrons. The van der Waals surface area contributed by atoms with E-state index in [-0.39, 0.29) is 37.2 Å². The molecular formula is C26H30N2O5. The fourth-order valence-corrected chi connectivity index (χ4v) is 4.04. The summed E-state index contributed by atoms with van der Waals surface area (Å²) in [7, 11) is 0. The normalized spacial score (nSPS) is 13.8. The summed E-state index contributed by atoms with van der Waals surface area (Å²) in [5.74, 6) is -1.40. The maximum atomic E-state index is 12.3. The Hall–Kier alpha value is -3.61. The summed E-state index contributed by atoms with van der Waals surface area (Å²) in [4.78, 5) is 35.4. The third-order valence-corrected chi connectivity index (χ3v) is 5.84. The van der Waals surface area contributed by atoms with Crippen LogP contribution < -0.4 is 10.6 Å². The number of fused-ring (bicyclic) bond motifs is 3. The number of alkyl carbamates (subject to hydrolysis) is 1. The van der Waals surface area contributed by atoms with Crippen LogP contribution in [0, 0.1) is 5.92 Å². The lowest BCUT2D eigenvalue weighted by molar-refractivity contribution is -0.141. The van der Waals surface area contributed by atoms with E-state index in [1.807, 2.05) is 31.2 Å². The molecule has 2 unspecified atom stereocenters. The number of hydrogen-bond donors (Lipinski definition) is 3. The van der Waals surface area contributed by atoms with Crippen LogP contribution in [0.1, 0.15) is 43.2 Å². The Labute approximate surface area is 193 Å². The van der Waals surface area contributed by atoms with Crippen LogP contribution in [0.5, 0.6) is 0 Å². The van der Waals surface area contributed by atoms with Gasteiger partial charge in [0.1, 0.15) is 12.6 Å². The van der Waals surface area contributed by atoms with Gasteiger partial charge in [-0.1, -0.05) is 61.5 Å². The van der Waals surface area contributed by atoms with E-state index in [0.29, 0.717) is 13.0 Å². The lowest BCUT2D eigenvalue weighted by Crippen LogP contribution is -2.40. The third-order valence-electron chi connectivity index (χ3n) is 5.84. The maximum Gasteiger partial charge on any atom is 0.407 e. The Morgan fingerprint density at radius 1 is 1.09 bits per heavy atom. The van der Waals surface area contributed by atoms with Crippen molar-refractivity contribution in [1.82, 2.24) is 10.6 Å². The van der Waals surface area contributed by atoms with Gasteiger partial charge in [0.2, 0.25) is 5.91 Å². The first kappa shape index (κ1) is 24.0. The van der Waals surface area contributed by atoms with Gasteiger partial charge < -0.3 is 20.5 Å². The number of carbonyl (C=O) groups excluding carboxylic acids is 2. The van der Waals surface area contributed by atoms with Crippen molar-refractivity contribution in [2.75, 3.05) is 13.2 Å². The number of ether oxygens (including phenoxy) is 1. The Morgan fingerprint density at radius 2 is 1.70 bits per heavy atom. The molecule has 33 heavy (non-hydrogen) atoms. The van der Waals surface area contributed by atoms with E-state index >= 15 is 0 Å². The zero-order chi connectivity index (χ0) is 23.8. The van der Waals surface area contributed by atoms with Crippen molar-refractivity contribution in [2.24, 2.45) is 5.92 Å². The van der Waals surface area contributed by atoms with Crippen LogP contribution in [0.4, 0.5) is 4.79 Å². The predicted molar refractivity (Wildman–Crippen MR) is 126 cm³/mol. The van der Waals surface area contributed by atoms with E-state index in [9.17, 15) is 14.4 Å². The third kappa shape index (κ3) is 6.22. The molecule has 3 rings (SSSR count). The zero-order valence-electron chi connectivity index (χ0n) is 18.8. The molecule has 0 saturated carbocycles. The molecule has 0 spiro atoms. The van der Waals surface area contributed by atoms with Crippen molar-refractivity contribution in [1.29, 1.82) is 0 Å². The van der Waals surface area contributed by atoms with E-state index in [2.05, 4.69) is 41.5 Å². The van der Waals surface area contributed by atoms with Crippen molar-refractivity contribution < 1.29 is 24.2 Å². The molecule has 3 N–H and O–H groups in total. The quantitative estimate of drug-likeness (QED) is 0.447. The summed E-state index contributed by atoms with van der Waals surface area (Å²) in [5.41, 5.74) is 4.66. The van der Waals surface area contributed by atoms with E-state index < -0.39 is 18.1 Å². The lowest BCUT2D eigenvalue weighted by atomic mass is 9.98. The van der Waals surface area contributed by atoms with Gasteiger partial charge >= 0.3 is 12.1 Å². The SMILES string of the molecule is C=CCC(NC(=O)CCC(C)CNC(=O)OCC1c2ccccc2-c2ccccc21)C(=O)O. The highest BCUT2D eigenvalue weighted by atomic mass is 16.5. The van der Waals surface area contributed by atoms with Gasteiger partial charge in [0.25, 0.3) is 0 Å². The molecule has 0 radical (unpaired) electrons. The Morgan fingerprint density at radius 3 is 2.27 bits per heavy atom. The van der Waals surface area contributed by atoms with E-state index in [0.717, 1.165) is 11.1 Å². The van der Waals surface area contributed by atoms with E-state index in [1.165, 1.54) is 17.2 Å². The van der Waals surface area contributed by atoms with Crippen LogP contribution in [-0.2, 0) is 14.3 Å². The smallest absolute Gasteiger partial charge is 0.407 e. The Kier molecular flexibility index (Phi) is 8.24. The maximum absolute atomic E-state index is 12.3. The Bertz CT molecular complexity index is 974. The van der Waals surface area contributed by atoms with Crippen LogP contribution >= 0.6 is 0 Å². The van der Waals surface area contributed by atoms with E-state index in [1.54, 1.807) is 0 Å². The molecule has 2 aromatic carbocycles. The van der Waals surface area contributed by atoms with Crippen molar-refractivity contribution >= 4 is 18.0 Å². The highest BCUT2D eigenvalue weighted by Crippen LogP contribution is 2.44. The monoisotopic (exact) mass is 450 g/mol. The van der Waals surface area contributed by atoms with Gasteiger partial charge in [-0.25, -0.2) is 9.59 Å². The molecule has 0 fully saturated rings. The number of carbonyl (C=O) groups is 3.